The van der Waals surface area contributed by atoms with Crippen LogP contribution in [-0.2, 0) is 14.4 Å². The maximum atomic E-state index is 12.9. The van der Waals surface area contributed by atoms with Gasteiger partial charge in [0.2, 0.25) is 0 Å². The van der Waals surface area contributed by atoms with Gasteiger partial charge in [-0.1, -0.05) is 23.7 Å². The first kappa shape index (κ1) is 22.4. The highest BCUT2D eigenvalue weighted by Crippen LogP contribution is 2.40. The van der Waals surface area contributed by atoms with Crippen molar-refractivity contribution in [3.63, 3.8) is 0 Å². The lowest BCUT2D eigenvalue weighted by Gasteiger charge is -2.25. The zero-order chi connectivity index (χ0) is 22.7. The number of aliphatic carboxylic acids is 1. The smallest absolute Gasteiger partial charge is 0.303 e. The summed E-state index contributed by atoms with van der Waals surface area (Å²) in [5.74, 6) is -2.84. The maximum Gasteiger partial charge on any atom is 0.303 e. The number of carbonyl (C=O) groups is 3. The lowest BCUT2D eigenvalue weighted by Crippen LogP contribution is -2.31. The molecule has 31 heavy (non-hydrogen) atoms. The van der Waals surface area contributed by atoms with Gasteiger partial charge in [-0.2, -0.15) is 0 Å². The van der Waals surface area contributed by atoms with Crippen LogP contribution in [0, 0.1) is 0 Å². The lowest BCUT2D eigenvalue weighted by molar-refractivity contribution is -0.140. The molecule has 0 bridgehead atoms. The number of ketones is 1. The van der Waals surface area contributed by atoms with E-state index in [0.717, 1.165) is 5.69 Å². The molecular weight excluding hydrogens is 420 g/mol. The van der Waals surface area contributed by atoms with Crippen LogP contribution in [-0.4, -0.2) is 53.4 Å². The molecule has 1 aliphatic rings. The molecule has 7 nitrogen and oxygen atoms in total. The average Bonchev–Trinajstić information content (AvgIpc) is 2.98. The van der Waals surface area contributed by atoms with Gasteiger partial charge in [0.1, 0.15) is 5.76 Å². The number of benzene rings is 2. The highest BCUT2D eigenvalue weighted by Gasteiger charge is 2.45. The Balaban J connectivity index is 2.09. The van der Waals surface area contributed by atoms with E-state index in [1.807, 2.05) is 31.1 Å². The Morgan fingerprint density at radius 1 is 1.03 bits per heavy atom. The van der Waals surface area contributed by atoms with E-state index in [0.29, 0.717) is 16.1 Å². The van der Waals surface area contributed by atoms with Crippen LogP contribution >= 0.6 is 11.6 Å². The van der Waals surface area contributed by atoms with Gasteiger partial charge in [-0.3, -0.25) is 14.4 Å². The number of amides is 1. The summed E-state index contributed by atoms with van der Waals surface area (Å²) in [7, 11) is 3.79. The molecule has 0 saturated carbocycles. The van der Waals surface area contributed by atoms with Crippen molar-refractivity contribution in [2.75, 3.05) is 25.5 Å². The summed E-state index contributed by atoms with van der Waals surface area (Å²) >= 11 is 5.92. The molecule has 1 aliphatic heterocycles. The fraction of sp³-hybridized carbons (Fsp3) is 0.261. The minimum absolute atomic E-state index is 0.0275. The SMILES string of the molecule is CN(C)c1ccc(C2C(=C(O)c3ccc(Cl)cc3)C(=O)C(=O)N2CCCC(=O)O)cc1. The molecule has 0 aromatic heterocycles. The van der Waals surface area contributed by atoms with Crippen LogP contribution in [0.3, 0.4) is 0 Å². The first-order chi connectivity index (χ1) is 14.7. The summed E-state index contributed by atoms with van der Waals surface area (Å²) in [5.41, 5.74) is 1.92. The van der Waals surface area contributed by atoms with Crippen molar-refractivity contribution in [3.05, 3.63) is 70.3 Å². The number of rotatable bonds is 7. The number of hydrogen-bond acceptors (Lipinski definition) is 5. The Bertz CT molecular complexity index is 1030. The molecule has 0 aliphatic carbocycles. The third-order valence-corrected chi connectivity index (χ3v) is 5.42. The highest BCUT2D eigenvalue weighted by atomic mass is 35.5. The topological polar surface area (TPSA) is 98.2 Å². The van der Waals surface area contributed by atoms with Gasteiger partial charge in [-0.05, 0) is 48.4 Å². The van der Waals surface area contributed by atoms with E-state index in [4.69, 9.17) is 16.7 Å². The number of Topliss-reactive ketones (excluding diaryl/α,β-unsaturated/α-hetero) is 1. The number of aliphatic hydroxyl groups is 1. The number of carboxylic acids is 1. The van der Waals surface area contributed by atoms with E-state index in [9.17, 15) is 19.5 Å². The van der Waals surface area contributed by atoms with Gasteiger partial charge in [0, 0.05) is 43.3 Å². The summed E-state index contributed by atoms with van der Waals surface area (Å²) in [4.78, 5) is 39.9. The van der Waals surface area contributed by atoms with Crippen LogP contribution in [0.1, 0.15) is 30.0 Å². The molecule has 0 spiro atoms. The Labute approximate surface area is 185 Å². The standard InChI is InChI=1S/C23H23ClN2O5/c1-25(2)17-11-7-14(8-12-17)20-19(21(29)15-5-9-16(24)10-6-15)22(30)23(31)26(20)13-3-4-18(27)28/h5-12,20,29H,3-4,13H2,1-2H3,(H,27,28). The molecule has 1 unspecified atom stereocenters. The molecule has 0 radical (unpaired) electrons. The zero-order valence-electron chi connectivity index (χ0n) is 17.2. The molecule has 3 rings (SSSR count). The van der Waals surface area contributed by atoms with Crippen LogP contribution in [0.5, 0.6) is 0 Å². The number of carboxylic acid groups (broad SMARTS) is 1. The predicted molar refractivity (Wildman–Crippen MR) is 118 cm³/mol. The van der Waals surface area contributed by atoms with E-state index >= 15 is 0 Å². The Morgan fingerprint density at radius 2 is 1.65 bits per heavy atom. The van der Waals surface area contributed by atoms with Crippen molar-refractivity contribution in [2.45, 2.75) is 18.9 Å². The molecule has 1 atom stereocenters. The summed E-state index contributed by atoms with van der Waals surface area (Å²) < 4.78 is 0. The van der Waals surface area contributed by atoms with Gasteiger partial charge in [0.15, 0.2) is 0 Å². The van der Waals surface area contributed by atoms with Crippen molar-refractivity contribution < 1.29 is 24.6 Å². The van der Waals surface area contributed by atoms with Gasteiger partial charge in [-0.25, -0.2) is 0 Å². The maximum absolute atomic E-state index is 12.9. The fourth-order valence-electron chi connectivity index (χ4n) is 3.58. The monoisotopic (exact) mass is 442 g/mol. The van der Waals surface area contributed by atoms with Crippen LogP contribution in [0.15, 0.2) is 54.1 Å². The minimum Gasteiger partial charge on any atom is -0.507 e. The van der Waals surface area contributed by atoms with Crippen molar-refractivity contribution >= 4 is 40.7 Å². The van der Waals surface area contributed by atoms with Crippen LogP contribution < -0.4 is 4.90 Å². The second-order valence-corrected chi connectivity index (χ2v) is 7.92. The third-order valence-electron chi connectivity index (χ3n) is 5.17. The largest absolute Gasteiger partial charge is 0.507 e. The van der Waals surface area contributed by atoms with E-state index in [1.165, 1.54) is 4.90 Å². The number of hydrogen-bond donors (Lipinski definition) is 2. The summed E-state index contributed by atoms with van der Waals surface area (Å²) in [5, 5.41) is 20.4. The van der Waals surface area contributed by atoms with Gasteiger partial charge in [-0.15, -0.1) is 0 Å². The fourth-order valence-corrected chi connectivity index (χ4v) is 3.70. The number of nitrogens with zero attached hydrogens (tertiary/aromatic N) is 2. The number of anilines is 1. The van der Waals surface area contributed by atoms with E-state index in [1.54, 1.807) is 36.4 Å². The highest BCUT2D eigenvalue weighted by molar-refractivity contribution is 6.46. The van der Waals surface area contributed by atoms with Gasteiger partial charge in [0.05, 0.1) is 11.6 Å². The predicted octanol–water partition coefficient (Wildman–Crippen LogP) is 3.69. The van der Waals surface area contributed by atoms with Crippen molar-refractivity contribution in [1.82, 2.24) is 4.90 Å². The van der Waals surface area contributed by atoms with Crippen molar-refractivity contribution in [3.8, 4) is 0 Å². The number of aliphatic hydroxyl groups excluding tert-OH is 1. The van der Waals surface area contributed by atoms with Crippen molar-refractivity contribution in [1.29, 1.82) is 0 Å². The normalized spacial score (nSPS) is 17.8. The molecule has 1 fully saturated rings. The summed E-state index contributed by atoms with van der Waals surface area (Å²) in [6, 6.07) is 12.8. The number of halogens is 1. The van der Waals surface area contributed by atoms with Crippen LogP contribution in [0.25, 0.3) is 5.76 Å². The number of carbonyl (C=O) groups excluding carboxylic acids is 2. The molecule has 1 amide bonds. The first-order valence-electron chi connectivity index (χ1n) is 9.74. The van der Waals surface area contributed by atoms with Crippen LogP contribution in [0.2, 0.25) is 5.02 Å². The Morgan fingerprint density at radius 3 is 2.19 bits per heavy atom. The Kier molecular flexibility index (Phi) is 6.65. The zero-order valence-corrected chi connectivity index (χ0v) is 18.0. The molecule has 162 valence electrons. The van der Waals surface area contributed by atoms with E-state index < -0.39 is 23.7 Å². The summed E-state index contributed by atoms with van der Waals surface area (Å²) in [6.07, 6.45) is 0.0576. The average molecular weight is 443 g/mol. The summed E-state index contributed by atoms with van der Waals surface area (Å²) in [6.45, 7) is 0.0777. The first-order valence-corrected chi connectivity index (χ1v) is 10.1. The molecule has 8 heteroatoms. The van der Waals surface area contributed by atoms with E-state index in [-0.39, 0.29) is 30.7 Å². The second-order valence-electron chi connectivity index (χ2n) is 7.48. The van der Waals surface area contributed by atoms with E-state index in [2.05, 4.69) is 0 Å². The molecule has 2 aromatic carbocycles. The minimum atomic E-state index is -0.982. The molecular formula is C23H23ClN2O5. The Hall–Kier alpha value is -3.32. The molecule has 1 heterocycles. The number of likely N-dealkylation sites (tertiary alicyclic amines) is 1. The second kappa shape index (κ2) is 9.22. The molecule has 2 N–H and O–H groups in total. The molecule has 1 saturated heterocycles. The van der Waals surface area contributed by atoms with Gasteiger partial charge < -0.3 is 20.0 Å². The lowest BCUT2D eigenvalue weighted by atomic mass is 9.95. The van der Waals surface area contributed by atoms with Gasteiger partial charge >= 0.3 is 5.97 Å². The molecule has 2 aromatic rings. The van der Waals surface area contributed by atoms with Crippen LogP contribution in [0.4, 0.5) is 5.69 Å². The third kappa shape index (κ3) is 4.72. The van der Waals surface area contributed by atoms with Crippen molar-refractivity contribution in [2.24, 2.45) is 0 Å². The quantitative estimate of drug-likeness (QED) is 0.385. The van der Waals surface area contributed by atoms with Gasteiger partial charge in [0.25, 0.3) is 11.7 Å².